The van der Waals surface area contributed by atoms with Gasteiger partial charge in [-0.15, -0.1) is 0 Å². The summed E-state index contributed by atoms with van der Waals surface area (Å²) in [5.41, 5.74) is 0.350. The molecule has 2 aliphatic heterocycles. The molecule has 8 nitrogen and oxygen atoms in total. The minimum atomic E-state index is -0.598. The van der Waals surface area contributed by atoms with Crippen LogP contribution in [0, 0.1) is 5.92 Å². The van der Waals surface area contributed by atoms with Crippen LogP contribution < -0.4 is 5.69 Å². The van der Waals surface area contributed by atoms with E-state index < -0.39 is 11.8 Å². The van der Waals surface area contributed by atoms with Gasteiger partial charge in [-0.3, -0.25) is 9.69 Å². The second kappa shape index (κ2) is 7.63. The van der Waals surface area contributed by atoms with Crippen LogP contribution in [0.25, 0.3) is 0 Å². The highest BCUT2D eigenvalue weighted by atomic mass is 16.5. The molecule has 0 aromatic carbocycles. The highest BCUT2D eigenvalue weighted by Gasteiger charge is 2.38. The molecule has 1 aromatic rings. The Bertz CT molecular complexity index is 669. The number of morpholine rings is 1. The van der Waals surface area contributed by atoms with Gasteiger partial charge in [0.05, 0.1) is 25.4 Å². The van der Waals surface area contributed by atoms with Crippen molar-refractivity contribution >= 4 is 5.91 Å². The van der Waals surface area contributed by atoms with E-state index in [1.54, 1.807) is 11.0 Å². The molecule has 1 aromatic heterocycles. The number of aliphatic hydroxyl groups excluding tert-OH is 1. The van der Waals surface area contributed by atoms with E-state index in [9.17, 15) is 14.7 Å². The summed E-state index contributed by atoms with van der Waals surface area (Å²) in [6.45, 7) is 7.59. The number of carbonyl (C=O) groups excluding carboxylic acids is 1. The fraction of sp³-hybridized carbons (Fsp3) is 0.706. The van der Waals surface area contributed by atoms with Gasteiger partial charge in [0.2, 0.25) is 0 Å². The molecule has 3 heterocycles. The Morgan fingerprint density at radius 3 is 2.80 bits per heavy atom. The summed E-state index contributed by atoms with van der Waals surface area (Å²) < 4.78 is 5.34. The number of aromatic nitrogens is 2. The Kier molecular flexibility index (Phi) is 5.51. The zero-order chi connectivity index (χ0) is 18.0. The van der Waals surface area contributed by atoms with Crippen LogP contribution in [0.3, 0.4) is 0 Å². The van der Waals surface area contributed by atoms with Crippen LogP contribution in [0.1, 0.15) is 30.0 Å². The van der Waals surface area contributed by atoms with Crippen molar-refractivity contribution in [2.75, 3.05) is 39.4 Å². The van der Waals surface area contributed by atoms with Gasteiger partial charge in [0.15, 0.2) is 0 Å². The molecule has 0 spiro atoms. The lowest BCUT2D eigenvalue weighted by Crippen LogP contribution is -2.49. The number of ether oxygens (including phenoxy) is 1. The zero-order valence-electron chi connectivity index (χ0n) is 14.8. The van der Waals surface area contributed by atoms with Crippen molar-refractivity contribution in [3.05, 3.63) is 27.9 Å². The topological polar surface area (TPSA) is 98.8 Å². The molecule has 1 amide bonds. The maximum Gasteiger partial charge on any atom is 0.345 e. The third-order valence-electron chi connectivity index (χ3n) is 4.71. The quantitative estimate of drug-likeness (QED) is 0.759. The molecule has 138 valence electrons. The van der Waals surface area contributed by atoms with Crippen molar-refractivity contribution < 1.29 is 14.6 Å². The van der Waals surface area contributed by atoms with Gasteiger partial charge in [-0.25, -0.2) is 4.79 Å². The van der Waals surface area contributed by atoms with Crippen LogP contribution >= 0.6 is 0 Å². The lowest BCUT2D eigenvalue weighted by molar-refractivity contribution is -0.00611. The predicted molar refractivity (Wildman–Crippen MR) is 91.5 cm³/mol. The van der Waals surface area contributed by atoms with E-state index in [0.29, 0.717) is 37.8 Å². The Morgan fingerprint density at radius 2 is 2.12 bits per heavy atom. The molecule has 2 unspecified atom stereocenters. The summed E-state index contributed by atoms with van der Waals surface area (Å²) in [6.07, 6.45) is 0.0797. The maximum absolute atomic E-state index is 12.8. The molecule has 25 heavy (non-hydrogen) atoms. The molecular formula is C17H26N4O4. The van der Waals surface area contributed by atoms with E-state index in [1.165, 1.54) is 0 Å². The standard InChI is InChI=1S/C17H26N4O4/c1-11(2)7-12-8-13(19-17(24)18-12)16(23)21-9-14(15(22)10-21)20-3-5-25-6-4-20/h8,11,14-15,22H,3-7,9-10H2,1-2H3,(H,18,19,24). The van der Waals surface area contributed by atoms with E-state index in [-0.39, 0.29) is 24.2 Å². The Labute approximate surface area is 146 Å². The van der Waals surface area contributed by atoms with Crippen molar-refractivity contribution in [2.24, 2.45) is 5.92 Å². The molecule has 0 bridgehead atoms. The first-order valence-electron chi connectivity index (χ1n) is 8.83. The fourth-order valence-corrected chi connectivity index (χ4v) is 3.53. The van der Waals surface area contributed by atoms with Crippen LogP contribution in [0.4, 0.5) is 0 Å². The van der Waals surface area contributed by atoms with Gasteiger partial charge in [-0.05, 0) is 18.4 Å². The number of hydrogen-bond donors (Lipinski definition) is 2. The number of amides is 1. The number of carbonyl (C=O) groups is 1. The SMILES string of the molecule is CC(C)Cc1cc(C(=O)N2CC(O)C(N3CCOCC3)C2)nc(=O)[nH]1. The van der Waals surface area contributed by atoms with E-state index in [4.69, 9.17) is 4.74 Å². The van der Waals surface area contributed by atoms with Gasteiger partial charge in [-0.1, -0.05) is 13.8 Å². The van der Waals surface area contributed by atoms with Crippen LogP contribution in [0.2, 0.25) is 0 Å². The predicted octanol–water partition coefficient (Wildman–Crippen LogP) is -0.514. The van der Waals surface area contributed by atoms with E-state index in [1.807, 2.05) is 13.8 Å². The monoisotopic (exact) mass is 350 g/mol. The smallest absolute Gasteiger partial charge is 0.345 e. The second-order valence-corrected chi connectivity index (χ2v) is 7.19. The molecule has 2 atom stereocenters. The summed E-state index contributed by atoms with van der Waals surface area (Å²) in [5.74, 6) is 0.0613. The molecule has 0 aliphatic carbocycles. The minimum absolute atomic E-state index is 0.0926. The summed E-state index contributed by atoms with van der Waals surface area (Å²) in [6, 6.07) is 1.56. The van der Waals surface area contributed by atoms with Crippen LogP contribution in [0.5, 0.6) is 0 Å². The van der Waals surface area contributed by atoms with Crippen molar-refractivity contribution in [3.8, 4) is 0 Å². The Morgan fingerprint density at radius 1 is 1.40 bits per heavy atom. The van der Waals surface area contributed by atoms with Crippen LogP contribution in [-0.2, 0) is 11.2 Å². The van der Waals surface area contributed by atoms with E-state index in [0.717, 1.165) is 13.1 Å². The number of aliphatic hydroxyl groups is 1. The fourth-order valence-electron chi connectivity index (χ4n) is 3.53. The molecule has 0 radical (unpaired) electrons. The third-order valence-corrected chi connectivity index (χ3v) is 4.71. The Hall–Kier alpha value is -1.77. The number of hydrogen-bond acceptors (Lipinski definition) is 6. The summed E-state index contributed by atoms with van der Waals surface area (Å²) >= 11 is 0. The number of aromatic amines is 1. The number of β-amino-alcohol motifs (C(OH)–C–C–N with tert-alkyl or cyclic N) is 1. The highest BCUT2D eigenvalue weighted by molar-refractivity contribution is 5.92. The molecular weight excluding hydrogens is 324 g/mol. The van der Waals surface area contributed by atoms with Crippen molar-refractivity contribution in [3.63, 3.8) is 0 Å². The highest BCUT2D eigenvalue weighted by Crippen LogP contribution is 2.19. The molecule has 0 saturated carbocycles. The molecule has 2 saturated heterocycles. The normalized spacial score (nSPS) is 24.9. The van der Waals surface area contributed by atoms with Crippen molar-refractivity contribution in [1.29, 1.82) is 0 Å². The summed E-state index contributed by atoms with van der Waals surface area (Å²) in [7, 11) is 0. The van der Waals surface area contributed by atoms with Gasteiger partial charge in [0.1, 0.15) is 5.69 Å². The first-order chi connectivity index (χ1) is 11.9. The van der Waals surface area contributed by atoms with Gasteiger partial charge < -0.3 is 19.7 Å². The van der Waals surface area contributed by atoms with Crippen molar-refractivity contribution in [2.45, 2.75) is 32.4 Å². The zero-order valence-corrected chi connectivity index (χ0v) is 14.8. The number of rotatable bonds is 4. The molecule has 2 aliphatic rings. The summed E-state index contributed by atoms with van der Waals surface area (Å²) in [4.78, 5) is 34.8. The van der Waals surface area contributed by atoms with Crippen LogP contribution in [-0.4, -0.2) is 82.3 Å². The number of nitrogens with zero attached hydrogens (tertiary/aromatic N) is 3. The van der Waals surface area contributed by atoms with Gasteiger partial charge >= 0.3 is 5.69 Å². The van der Waals surface area contributed by atoms with Crippen LogP contribution in [0.15, 0.2) is 10.9 Å². The molecule has 2 fully saturated rings. The van der Waals surface area contributed by atoms with Crippen molar-refractivity contribution in [1.82, 2.24) is 19.8 Å². The maximum atomic E-state index is 12.8. The lowest BCUT2D eigenvalue weighted by Gasteiger charge is -2.33. The first kappa shape index (κ1) is 18.0. The van der Waals surface area contributed by atoms with Gasteiger partial charge in [-0.2, -0.15) is 4.98 Å². The summed E-state index contributed by atoms with van der Waals surface area (Å²) in [5, 5.41) is 10.4. The largest absolute Gasteiger partial charge is 0.390 e. The Balaban J connectivity index is 1.73. The molecule has 3 rings (SSSR count). The third kappa shape index (κ3) is 4.26. The minimum Gasteiger partial charge on any atom is -0.390 e. The second-order valence-electron chi connectivity index (χ2n) is 7.19. The van der Waals surface area contributed by atoms with E-state index >= 15 is 0 Å². The molecule has 8 heteroatoms. The average Bonchev–Trinajstić information content (AvgIpc) is 2.95. The molecule has 2 N–H and O–H groups in total. The van der Waals surface area contributed by atoms with E-state index in [2.05, 4.69) is 14.9 Å². The van der Waals surface area contributed by atoms with Gasteiger partial charge in [0, 0.05) is 31.9 Å². The number of H-pyrrole nitrogens is 1. The number of likely N-dealkylation sites (tertiary alicyclic amines) is 1. The lowest BCUT2D eigenvalue weighted by atomic mass is 10.1. The first-order valence-corrected chi connectivity index (χ1v) is 8.83. The average molecular weight is 350 g/mol. The van der Waals surface area contributed by atoms with Gasteiger partial charge in [0.25, 0.3) is 5.91 Å². The number of nitrogens with one attached hydrogen (secondary N) is 1.